The van der Waals surface area contributed by atoms with E-state index in [4.69, 9.17) is 4.42 Å². The van der Waals surface area contributed by atoms with Crippen molar-refractivity contribution in [1.82, 2.24) is 14.6 Å². The van der Waals surface area contributed by atoms with Crippen molar-refractivity contribution in [3.63, 3.8) is 0 Å². The van der Waals surface area contributed by atoms with Gasteiger partial charge < -0.3 is 14.4 Å². The lowest BCUT2D eigenvalue weighted by Gasteiger charge is -2.29. The minimum absolute atomic E-state index is 0.0177. The van der Waals surface area contributed by atoms with Crippen molar-refractivity contribution in [2.24, 2.45) is 0 Å². The fraction of sp³-hybridized carbons (Fsp3) is 0.467. The van der Waals surface area contributed by atoms with Gasteiger partial charge >= 0.3 is 0 Å². The van der Waals surface area contributed by atoms with Crippen LogP contribution < -0.4 is 4.90 Å². The second-order valence-electron chi connectivity index (χ2n) is 5.81. The summed E-state index contributed by atoms with van der Waals surface area (Å²) in [6.07, 6.45) is 5.42. The Balaban J connectivity index is 1.81. The topological polar surface area (TPSA) is 68.0 Å². The van der Waals surface area contributed by atoms with Crippen molar-refractivity contribution in [2.45, 2.75) is 32.2 Å². The second kappa shape index (κ2) is 5.40. The molecule has 0 amide bonds. The molecule has 4 rings (SSSR count). The van der Waals surface area contributed by atoms with Gasteiger partial charge in [0.05, 0.1) is 19.4 Å². The van der Waals surface area contributed by atoms with Gasteiger partial charge in [-0.2, -0.15) is 4.52 Å². The molecule has 4 heterocycles. The van der Waals surface area contributed by atoms with Gasteiger partial charge in [-0.1, -0.05) is 11.3 Å². The highest BCUT2D eigenvalue weighted by molar-refractivity contribution is 7.17. The van der Waals surface area contributed by atoms with E-state index < -0.39 is 0 Å². The van der Waals surface area contributed by atoms with E-state index >= 15 is 0 Å². The van der Waals surface area contributed by atoms with E-state index in [0.717, 1.165) is 28.7 Å². The van der Waals surface area contributed by atoms with Crippen LogP contribution in [-0.4, -0.2) is 32.8 Å². The Labute approximate surface area is 132 Å². The standard InChI is InChI=1S/C15H18N4O2S/c1-10-16-15-19(17-10)14(20)13(22-15)12(11-6-5-9-21-11)18-7-3-2-4-8-18/h5-6,9,12,20H,2-4,7-8H2,1H3/p+1/t12-/m0/s1. The minimum atomic E-state index is 0.0177. The fourth-order valence-corrected chi connectivity index (χ4v) is 4.47. The summed E-state index contributed by atoms with van der Waals surface area (Å²) in [5.74, 6) is 1.77. The molecule has 1 fully saturated rings. The Morgan fingerprint density at radius 3 is 2.86 bits per heavy atom. The molecule has 0 radical (unpaired) electrons. The van der Waals surface area contributed by atoms with E-state index in [2.05, 4.69) is 10.1 Å². The molecule has 116 valence electrons. The highest BCUT2D eigenvalue weighted by Gasteiger charge is 2.35. The van der Waals surface area contributed by atoms with Gasteiger partial charge in [-0.05, 0) is 38.3 Å². The number of rotatable bonds is 3. The van der Waals surface area contributed by atoms with Crippen molar-refractivity contribution in [1.29, 1.82) is 0 Å². The first-order valence-electron chi connectivity index (χ1n) is 7.67. The molecule has 0 unspecified atom stereocenters. The summed E-state index contributed by atoms with van der Waals surface area (Å²) in [5, 5.41) is 14.9. The largest absolute Gasteiger partial charge is 0.492 e. The lowest BCUT2D eigenvalue weighted by molar-refractivity contribution is -0.930. The zero-order valence-electron chi connectivity index (χ0n) is 12.5. The highest BCUT2D eigenvalue weighted by Crippen LogP contribution is 2.35. The van der Waals surface area contributed by atoms with Gasteiger partial charge in [0.2, 0.25) is 10.8 Å². The first-order chi connectivity index (χ1) is 10.7. The van der Waals surface area contributed by atoms with Crippen LogP contribution in [-0.2, 0) is 0 Å². The van der Waals surface area contributed by atoms with E-state index in [9.17, 15) is 5.11 Å². The van der Waals surface area contributed by atoms with Crippen LogP contribution in [0.1, 0.15) is 41.8 Å². The molecule has 1 atom stereocenters. The molecule has 3 aromatic heterocycles. The van der Waals surface area contributed by atoms with Gasteiger partial charge in [0.15, 0.2) is 11.8 Å². The van der Waals surface area contributed by atoms with Crippen LogP contribution >= 0.6 is 11.3 Å². The van der Waals surface area contributed by atoms with Crippen molar-refractivity contribution in [3.8, 4) is 5.88 Å². The van der Waals surface area contributed by atoms with Crippen LogP contribution in [0.3, 0.4) is 0 Å². The van der Waals surface area contributed by atoms with Crippen LogP contribution in [0, 0.1) is 6.92 Å². The van der Waals surface area contributed by atoms with E-state index in [1.165, 1.54) is 40.0 Å². The van der Waals surface area contributed by atoms with Gasteiger partial charge in [0, 0.05) is 0 Å². The predicted octanol–water partition coefficient (Wildman–Crippen LogP) is 1.56. The second-order valence-corrected chi connectivity index (χ2v) is 6.82. The first kappa shape index (κ1) is 13.8. The Morgan fingerprint density at radius 1 is 1.36 bits per heavy atom. The molecule has 22 heavy (non-hydrogen) atoms. The van der Waals surface area contributed by atoms with E-state index in [-0.39, 0.29) is 11.9 Å². The van der Waals surface area contributed by atoms with Crippen LogP contribution in [0.5, 0.6) is 5.88 Å². The third-order valence-corrected chi connectivity index (χ3v) is 5.38. The molecule has 6 nitrogen and oxygen atoms in total. The molecule has 7 heteroatoms. The number of hydrogen-bond donors (Lipinski definition) is 2. The Hall–Kier alpha value is -1.86. The molecule has 0 aliphatic carbocycles. The van der Waals surface area contributed by atoms with Gasteiger partial charge in [0.25, 0.3) is 0 Å². The molecular weight excluding hydrogens is 300 g/mol. The number of aromatic nitrogens is 3. The average Bonchev–Trinajstić information content (AvgIpc) is 3.22. The summed E-state index contributed by atoms with van der Waals surface area (Å²) in [7, 11) is 0. The number of hydrogen-bond acceptors (Lipinski definition) is 5. The number of aryl methyl sites for hydroxylation is 1. The molecule has 0 bridgehead atoms. The lowest BCUT2D eigenvalue weighted by Crippen LogP contribution is -3.13. The predicted molar refractivity (Wildman–Crippen MR) is 82.4 cm³/mol. The summed E-state index contributed by atoms with van der Waals surface area (Å²) in [5.41, 5.74) is 0. The van der Waals surface area contributed by atoms with Crippen LogP contribution in [0.2, 0.25) is 0 Å². The average molecular weight is 319 g/mol. The van der Waals surface area contributed by atoms with Gasteiger partial charge in [-0.25, -0.2) is 4.98 Å². The van der Waals surface area contributed by atoms with Gasteiger partial charge in [-0.15, -0.1) is 5.10 Å². The quantitative estimate of drug-likeness (QED) is 0.769. The number of nitrogens with zero attached hydrogens (tertiary/aromatic N) is 3. The van der Waals surface area contributed by atoms with E-state index in [0.29, 0.717) is 5.82 Å². The number of aromatic hydroxyl groups is 1. The van der Waals surface area contributed by atoms with Gasteiger partial charge in [-0.3, -0.25) is 0 Å². The van der Waals surface area contributed by atoms with Crippen LogP contribution in [0.4, 0.5) is 0 Å². The fourth-order valence-electron chi connectivity index (χ4n) is 3.30. The Kier molecular flexibility index (Phi) is 3.38. The number of quaternary nitrogens is 1. The molecule has 0 aromatic carbocycles. The first-order valence-corrected chi connectivity index (χ1v) is 8.48. The Bertz CT molecular complexity index is 771. The van der Waals surface area contributed by atoms with Crippen LogP contribution in [0.25, 0.3) is 4.96 Å². The van der Waals surface area contributed by atoms with Crippen molar-refractivity contribution in [2.75, 3.05) is 13.1 Å². The maximum Gasteiger partial charge on any atom is 0.235 e. The van der Waals surface area contributed by atoms with Crippen molar-refractivity contribution >= 4 is 16.3 Å². The van der Waals surface area contributed by atoms with Crippen molar-refractivity contribution in [3.05, 3.63) is 34.9 Å². The number of furan rings is 1. The molecule has 2 N–H and O–H groups in total. The minimum Gasteiger partial charge on any atom is -0.492 e. The lowest BCUT2D eigenvalue weighted by atomic mass is 10.1. The molecule has 1 aliphatic rings. The smallest absolute Gasteiger partial charge is 0.235 e. The third kappa shape index (κ3) is 2.21. The molecule has 1 aliphatic heterocycles. The van der Waals surface area contributed by atoms with Gasteiger partial charge in [0.1, 0.15) is 10.7 Å². The summed E-state index contributed by atoms with van der Waals surface area (Å²) in [6.45, 7) is 4.02. The number of nitrogens with one attached hydrogen (secondary N) is 1. The monoisotopic (exact) mass is 319 g/mol. The molecule has 3 aromatic rings. The summed E-state index contributed by atoms with van der Waals surface area (Å²) in [4.78, 5) is 7.44. The maximum atomic E-state index is 10.6. The van der Waals surface area contributed by atoms with E-state index in [1.54, 1.807) is 6.26 Å². The molecular formula is C15H19N4O2S+. The van der Waals surface area contributed by atoms with Crippen LogP contribution in [0.15, 0.2) is 22.8 Å². The number of piperidine rings is 1. The molecule has 0 spiro atoms. The highest BCUT2D eigenvalue weighted by atomic mass is 32.1. The number of thiazole rings is 1. The Morgan fingerprint density at radius 2 is 2.18 bits per heavy atom. The molecule has 0 saturated carbocycles. The normalized spacial score (nSPS) is 18.0. The number of likely N-dealkylation sites (tertiary alicyclic amines) is 1. The van der Waals surface area contributed by atoms with E-state index in [1.807, 2.05) is 19.1 Å². The third-order valence-electron chi connectivity index (χ3n) is 4.30. The zero-order chi connectivity index (χ0) is 15.1. The van der Waals surface area contributed by atoms with Crippen molar-refractivity contribution < 1.29 is 14.4 Å². The maximum absolute atomic E-state index is 10.6. The number of fused-ring (bicyclic) bond motifs is 1. The summed E-state index contributed by atoms with van der Waals surface area (Å²) >= 11 is 1.50. The SMILES string of the molecule is Cc1nc2sc([C@H](c3ccco3)[NH+]3CCCCC3)c(O)n2n1. The molecule has 1 saturated heterocycles. The summed E-state index contributed by atoms with van der Waals surface area (Å²) in [6, 6.07) is 3.92. The summed E-state index contributed by atoms with van der Waals surface area (Å²) < 4.78 is 7.22. The zero-order valence-corrected chi connectivity index (χ0v) is 13.3.